The summed E-state index contributed by atoms with van der Waals surface area (Å²) in [5.74, 6) is -3.13. The summed E-state index contributed by atoms with van der Waals surface area (Å²) in [6.07, 6.45) is 5.40. The van der Waals surface area contributed by atoms with Crippen LogP contribution >= 0.6 is 0 Å². The summed E-state index contributed by atoms with van der Waals surface area (Å²) in [5, 5.41) is 17.4. The minimum atomic E-state index is -1.18. The highest BCUT2D eigenvalue weighted by Crippen LogP contribution is 2.08. The molecule has 0 aliphatic rings. The molecule has 0 saturated carbocycles. The van der Waals surface area contributed by atoms with Crippen molar-refractivity contribution in [3.8, 4) is 0 Å². The smallest absolute Gasteiger partial charge is 0.326 e. The molecule has 3 amide bonds. The molecule has 4 unspecified atom stereocenters. The number of carbonyl (C=O) groups is 4. The topological polar surface area (TPSA) is 270 Å². The molecule has 0 bridgehead atoms. The van der Waals surface area contributed by atoms with Gasteiger partial charge in [0.05, 0.1) is 12.4 Å². The summed E-state index contributed by atoms with van der Waals surface area (Å²) < 4.78 is 0. The SMILES string of the molecule is CC(C)CC(NC(=O)C(Cc1cnc[nH]1)NC(=O)C(CCCN=C(N)N)NC(=O)C(N)CCCCN)C(=O)O. The van der Waals surface area contributed by atoms with Gasteiger partial charge in [0.15, 0.2) is 5.96 Å². The van der Waals surface area contributed by atoms with Gasteiger partial charge in [-0.1, -0.05) is 20.3 Å². The van der Waals surface area contributed by atoms with Crippen molar-refractivity contribution in [2.24, 2.45) is 33.8 Å². The van der Waals surface area contributed by atoms with E-state index in [0.717, 1.165) is 0 Å². The number of carbonyl (C=O) groups excluding carboxylic acids is 3. The van der Waals surface area contributed by atoms with Crippen molar-refractivity contribution in [1.29, 1.82) is 0 Å². The fraction of sp³-hybridized carbons (Fsp3) is 0.667. The molecule has 0 aromatic carbocycles. The van der Waals surface area contributed by atoms with E-state index in [4.69, 9.17) is 22.9 Å². The second kappa shape index (κ2) is 17.7. The highest BCUT2D eigenvalue weighted by atomic mass is 16.4. The number of aliphatic carboxylic acids is 1. The molecule has 15 nitrogen and oxygen atoms in total. The maximum absolute atomic E-state index is 13.3. The maximum atomic E-state index is 13.3. The van der Waals surface area contributed by atoms with Crippen molar-refractivity contribution in [2.75, 3.05) is 13.1 Å². The number of rotatable bonds is 19. The second-order valence-corrected chi connectivity index (χ2v) is 9.77. The summed E-state index contributed by atoms with van der Waals surface area (Å²) >= 11 is 0. The van der Waals surface area contributed by atoms with Gasteiger partial charge in [0.25, 0.3) is 0 Å². The number of amides is 3. The van der Waals surface area contributed by atoms with Crippen LogP contribution in [0.1, 0.15) is 58.1 Å². The number of unbranched alkanes of at least 4 members (excludes halogenated alkanes) is 1. The Morgan fingerprint density at radius 1 is 0.974 bits per heavy atom. The van der Waals surface area contributed by atoms with E-state index >= 15 is 0 Å². The Kier molecular flexibility index (Phi) is 15.1. The lowest BCUT2D eigenvalue weighted by Crippen LogP contribution is -2.57. The Hall–Kier alpha value is -3.72. The lowest BCUT2D eigenvalue weighted by molar-refractivity contribution is -0.142. The van der Waals surface area contributed by atoms with Crippen molar-refractivity contribution in [2.45, 2.75) is 83.0 Å². The zero-order valence-corrected chi connectivity index (χ0v) is 22.7. The largest absolute Gasteiger partial charge is 0.480 e. The van der Waals surface area contributed by atoms with Crippen molar-refractivity contribution >= 4 is 29.7 Å². The van der Waals surface area contributed by atoms with Crippen LogP contribution in [-0.2, 0) is 25.6 Å². The van der Waals surface area contributed by atoms with Gasteiger partial charge in [-0.25, -0.2) is 9.78 Å². The van der Waals surface area contributed by atoms with Gasteiger partial charge in [0.2, 0.25) is 17.7 Å². The summed E-state index contributed by atoms with van der Waals surface area (Å²) in [4.78, 5) is 61.6. The van der Waals surface area contributed by atoms with Gasteiger partial charge in [-0.3, -0.25) is 19.4 Å². The van der Waals surface area contributed by atoms with E-state index in [-0.39, 0.29) is 37.7 Å². The molecule has 39 heavy (non-hydrogen) atoms. The third-order valence-corrected chi connectivity index (χ3v) is 5.82. The van der Waals surface area contributed by atoms with Gasteiger partial charge in [-0.2, -0.15) is 0 Å². The average Bonchev–Trinajstić information content (AvgIpc) is 3.37. The fourth-order valence-electron chi connectivity index (χ4n) is 3.75. The fourth-order valence-corrected chi connectivity index (χ4v) is 3.75. The van der Waals surface area contributed by atoms with E-state index in [1.165, 1.54) is 12.5 Å². The molecule has 0 fully saturated rings. The van der Waals surface area contributed by atoms with Gasteiger partial charge < -0.3 is 49.0 Å². The van der Waals surface area contributed by atoms with E-state index in [2.05, 4.69) is 30.9 Å². The molecule has 0 aliphatic heterocycles. The normalized spacial score (nSPS) is 14.1. The number of hydrogen-bond donors (Lipinski definition) is 9. The molecule has 0 saturated heterocycles. The molecule has 0 radical (unpaired) electrons. The van der Waals surface area contributed by atoms with E-state index < -0.39 is 47.9 Å². The first-order chi connectivity index (χ1) is 18.4. The number of nitrogens with zero attached hydrogens (tertiary/aromatic N) is 2. The highest BCUT2D eigenvalue weighted by molar-refractivity contribution is 5.94. The first-order valence-corrected chi connectivity index (χ1v) is 13.1. The van der Waals surface area contributed by atoms with E-state index in [0.29, 0.717) is 37.9 Å². The molecule has 1 aromatic rings. The molecule has 1 rings (SSSR count). The first-order valence-electron chi connectivity index (χ1n) is 13.1. The average molecular weight is 553 g/mol. The lowest BCUT2D eigenvalue weighted by Gasteiger charge is -2.25. The zero-order valence-electron chi connectivity index (χ0n) is 22.7. The lowest BCUT2D eigenvalue weighted by atomic mass is 10.0. The number of aromatic nitrogens is 2. The molecule has 15 heteroatoms. The van der Waals surface area contributed by atoms with Gasteiger partial charge in [0.1, 0.15) is 18.1 Å². The van der Waals surface area contributed by atoms with Gasteiger partial charge >= 0.3 is 5.97 Å². The minimum absolute atomic E-state index is 0.00548. The number of nitrogens with one attached hydrogen (secondary N) is 4. The van der Waals surface area contributed by atoms with E-state index in [1.54, 1.807) is 0 Å². The maximum Gasteiger partial charge on any atom is 0.326 e. The third-order valence-electron chi connectivity index (χ3n) is 5.82. The monoisotopic (exact) mass is 552 g/mol. The summed E-state index contributed by atoms with van der Waals surface area (Å²) in [6.45, 7) is 4.37. The van der Waals surface area contributed by atoms with Gasteiger partial charge in [-0.05, 0) is 44.6 Å². The van der Waals surface area contributed by atoms with E-state index in [9.17, 15) is 24.3 Å². The van der Waals surface area contributed by atoms with Crippen molar-refractivity contribution in [3.05, 3.63) is 18.2 Å². The van der Waals surface area contributed by atoms with Crippen LogP contribution in [0.2, 0.25) is 0 Å². The summed E-state index contributed by atoms with van der Waals surface area (Å²) in [5.41, 5.74) is 22.8. The molecule has 0 aliphatic carbocycles. The Bertz CT molecular complexity index is 934. The van der Waals surface area contributed by atoms with Crippen LogP contribution in [0.15, 0.2) is 17.5 Å². The zero-order chi connectivity index (χ0) is 29.4. The van der Waals surface area contributed by atoms with Crippen LogP contribution in [0.4, 0.5) is 0 Å². The van der Waals surface area contributed by atoms with Crippen LogP contribution in [0.3, 0.4) is 0 Å². The Morgan fingerprint density at radius 3 is 2.18 bits per heavy atom. The quantitative estimate of drug-likeness (QED) is 0.0519. The number of aromatic amines is 1. The third kappa shape index (κ3) is 13.6. The molecule has 1 aromatic heterocycles. The van der Waals surface area contributed by atoms with Crippen LogP contribution in [0.25, 0.3) is 0 Å². The highest BCUT2D eigenvalue weighted by Gasteiger charge is 2.31. The van der Waals surface area contributed by atoms with Crippen LogP contribution in [-0.4, -0.2) is 82.0 Å². The predicted molar refractivity (Wildman–Crippen MR) is 146 cm³/mol. The predicted octanol–water partition coefficient (Wildman–Crippen LogP) is -1.95. The molecule has 220 valence electrons. The van der Waals surface area contributed by atoms with Crippen LogP contribution < -0.4 is 38.9 Å². The number of aliphatic imine (C=N–C) groups is 1. The molecular weight excluding hydrogens is 508 g/mol. The molecule has 4 atom stereocenters. The van der Waals surface area contributed by atoms with E-state index in [1.807, 2.05) is 13.8 Å². The van der Waals surface area contributed by atoms with Crippen molar-refractivity contribution < 1.29 is 24.3 Å². The second-order valence-electron chi connectivity index (χ2n) is 9.77. The minimum Gasteiger partial charge on any atom is -0.480 e. The molecule has 13 N–H and O–H groups in total. The number of nitrogens with two attached hydrogens (primary N) is 4. The van der Waals surface area contributed by atoms with Gasteiger partial charge in [0, 0.05) is 24.9 Å². The Morgan fingerprint density at radius 2 is 1.62 bits per heavy atom. The first kappa shape index (κ1) is 33.3. The number of carboxylic acids is 1. The molecule has 0 spiro atoms. The Labute approximate surface area is 228 Å². The number of guanidine groups is 1. The van der Waals surface area contributed by atoms with Crippen molar-refractivity contribution in [3.63, 3.8) is 0 Å². The standard InChI is InChI=1S/C24H44N10O5/c1-14(2)10-19(23(38)39)34-22(37)18(11-15-12-29-13-31-15)33-21(36)17(7-5-9-30-24(27)28)32-20(35)16(26)6-3-4-8-25/h12-14,16-19H,3-11,25-26H2,1-2H3,(H,29,31)(H,32,35)(H,33,36)(H,34,37)(H,38,39)(H4,27,28,30). The summed E-state index contributed by atoms with van der Waals surface area (Å²) in [7, 11) is 0. The van der Waals surface area contributed by atoms with Crippen LogP contribution in [0, 0.1) is 5.92 Å². The number of carboxylic acid groups (broad SMARTS) is 1. The molecule has 1 heterocycles. The summed E-state index contributed by atoms with van der Waals surface area (Å²) in [6, 6.07) is -4.18. The Balaban J connectivity index is 3.07. The number of hydrogen-bond acceptors (Lipinski definition) is 8. The van der Waals surface area contributed by atoms with Crippen LogP contribution in [0.5, 0.6) is 0 Å². The number of imidazole rings is 1. The number of H-pyrrole nitrogens is 1. The molecular formula is C24H44N10O5. The van der Waals surface area contributed by atoms with Gasteiger partial charge in [-0.15, -0.1) is 0 Å². The van der Waals surface area contributed by atoms with Crippen molar-refractivity contribution in [1.82, 2.24) is 25.9 Å².